The number of ether oxygens (including phenoxy) is 1. The van der Waals surface area contributed by atoms with Gasteiger partial charge in [-0.3, -0.25) is 4.79 Å². The summed E-state index contributed by atoms with van der Waals surface area (Å²) in [6, 6.07) is 12.4. The summed E-state index contributed by atoms with van der Waals surface area (Å²) in [7, 11) is -2.25. The molecule has 3 rings (SSSR count). The molecule has 0 fully saturated rings. The summed E-state index contributed by atoms with van der Waals surface area (Å²) in [5.41, 5.74) is 2.22. The van der Waals surface area contributed by atoms with Gasteiger partial charge in [-0.15, -0.1) is 0 Å². The zero-order valence-corrected chi connectivity index (χ0v) is 15.6. The van der Waals surface area contributed by atoms with E-state index in [0.29, 0.717) is 18.7 Å². The number of carbonyl (C=O) groups excluding carboxylic acids is 1. The summed E-state index contributed by atoms with van der Waals surface area (Å²) in [5, 5.41) is 2.90. The molecular weight excluding hydrogens is 352 g/mol. The average Bonchev–Trinajstić information content (AvgIpc) is 2.66. The maximum absolute atomic E-state index is 12.6. The molecule has 1 unspecified atom stereocenters. The van der Waals surface area contributed by atoms with E-state index in [2.05, 4.69) is 10.0 Å². The van der Waals surface area contributed by atoms with E-state index in [9.17, 15) is 13.2 Å². The molecule has 1 aliphatic heterocycles. The van der Waals surface area contributed by atoms with Crippen LogP contribution in [-0.2, 0) is 16.4 Å². The SMILES string of the molecule is CNS(=O)(=O)c1ccc(C)c(C(=O)NCC2COc3ccccc3C2)c1. The van der Waals surface area contributed by atoms with E-state index < -0.39 is 10.0 Å². The molecular formula is C19H22N2O4S. The highest BCUT2D eigenvalue weighted by Gasteiger charge is 2.21. The summed E-state index contributed by atoms with van der Waals surface area (Å²) in [6.45, 7) is 2.80. The molecule has 0 radical (unpaired) electrons. The number of rotatable bonds is 5. The minimum Gasteiger partial charge on any atom is -0.493 e. The maximum atomic E-state index is 12.6. The van der Waals surface area contributed by atoms with Gasteiger partial charge in [-0.2, -0.15) is 0 Å². The summed E-state index contributed by atoms with van der Waals surface area (Å²) in [6.07, 6.45) is 0.837. The lowest BCUT2D eigenvalue weighted by Crippen LogP contribution is -2.35. The van der Waals surface area contributed by atoms with Crippen molar-refractivity contribution in [3.05, 3.63) is 59.2 Å². The fourth-order valence-electron chi connectivity index (χ4n) is 2.98. The van der Waals surface area contributed by atoms with E-state index in [4.69, 9.17) is 4.74 Å². The smallest absolute Gasteiger partial charge is 0.251 e. The largest absolute Gasteiger partial charge is 0.493 e. The molecule has 0 aliphatic carbocycles. The Morgan fingerprint density at radius 3 is 2.77 bits per heavy atom. The highest BCUT2D eigenvalue weighted by molar-refractivity contribution is 7.89. The number of hydrogen-bond donors (Lipinski definition) is 2. The first-order chi connectivity index (χ1) is 12.4. The van der Waals surface area contributed by atoms with Gasteiger partial charge in [-0.25, -0.2) is 13.1 Å². The first-order valence-electron chi connectivity index (χ1n) is 8.44. The first kappa shape index (κ1) is 18.4. The van der Waals surface area contributed by atoms with Gasteiger partial charge in [-0.1, -0.05) is 24.3 Å². The quantitative estimate of drug-likeness (QED) is 0.837. The molecule has 1 atom stereocenters. The van der Waals surface area contributed by atoms with E-state index in [1.165, 1.54) is 19.2 Å². The number of benzene rings is 2. The Morgan fingerprint density at radius 2 is 2.00 bits per heavy atom. The molecule has 0 saturated heterocycles. The Morgan fingerprint density at radius 1 is 1.23 bits per heavy atom. The molecule has 2 aromatic carbocycles. The number of carbonyl (C=O) groups is 1. The van der Waals surface area contributed by atoms with Gasteiger partial charge in [0.15, 0.2) is 0 Å². The molecule has 138 valence electrons. The highest BCUT2D eigenvalue weighted by Crippen LogP contribution is 2.26. The van der Waals surface area contributed by atoms with Crippen molar-refractivity contribution >= 4 is 15.9 Å². The standard InChI is InChI=1S/C19H22N2O4S/c1-13-7-8-16(26(23,24)20-2)10-17(13)19(22)21-11-14-9-15-5-3-4-6-18(15)25-12-14/h3-8,10,14,20H,9,11-12H2,1-2H3,(H,21,22). The monoisotopic (exact) mass is 374 g/mol. The van der Waals surface area contributed by atoms with Crippen molar-refractivity contribution in [1.82, 2.24) is 10.0 Å². The fraction of sp³-hybridized carbons (Fsp3) is 0.316. The van der Waals surface area contributed by atoms with Gasteiger partial charge in [0.05, 0.1) is 11.5 Å². The van der Waals surface area contributed by atoms with Gasteiger partial charge < -0.3 is 10.1 Å². The van der Waals surface area contributed by atoms with Crippen LogP contribution in [0.2, 0.25) is 0 Å². The van der Waals surface area contributed by atoms with Crippen LogP contribution in [0.3, 0.4) is 0 Å². The van der Waals surface area contributed by atoms with Crippen LogP contribution < -0.4 is 14.8 Å². The van der Waals surface area contributed by atoms with Gasteiger partial charge >= 0.3 is 0 Å². The minimum absolute atomic E-state index is 0.0747. The van der Waals surface area contributed by atoms with Crippen molar-refractivity contribution in [1.29, 1.82) is 0 Å². The Kier molecular flexibility index (Phi) is 5.29. The average molecular weight is 374 g/mol. The second kappa shape index (κ2) is 7.47. The number of amides is 1. The molecule has 1 heterocycles. The Labute approximate surface area is 153 Å². The van der Waals surface area contributed by atoms with E-state index in [0.717, 1.165) is 23.3 Å². The summed E-state index contributed by atoms with van der Waals surface area (Å²) < 4.78 is 31.9. The lowest BCUT2D eigenvalue weighted by molar-refractivity contribution is 0.0938. The van der Waals surface area contributed by atoms with Crippen molar-refractivity contribution in [2.24, 2.45) is 5.92 Å². The second-order valence-corrected chi connectivity index (χ2v) is 8.27. The van der Waals surface area contributed by atoms with Crippen LogP contribution in [0.5, 0.6) is 5.75 Å². The first-order valence-corrected chi connectivity index (χ1v) is 9.92. The molecule has 0 aromatic heterocycles. The third-order valence-electron chi connectivity index (χ3n) is 4.54. The molecule has 0 bridgehead atoms. The van der Waals surface area contributed by atoms with Gasteiger partial charge in [0.2, 0.25) is 10.0 Å². The van der Waals surface area contributed by atoms with Crippen molar-refractivity contribution < 1.29 is 17.9 Å². The number of sulfonamides is 1. The van der Waals surface area contributed by atoms with Gasteiger partial charge in [-0.05, 0) is 49.7 Å². The fourth-order valence-corrected chi connectivity index (χ4v) is 3.74. The molecule has 26 heavy (non-hydrogen) atoms. The number of para-hydroxylation sites is 1. The third kappa shape index (κ3) is 3.89. The van der Waals surface area contributed by atoms with E-state index in [-0.39, 0.29) is 16.7 Å². The van der Waals surface area contributed by atoms with E-state index in [1.54, 1.807) is 13.0 Å². The maximum Gasteiger partial charge on any atom is 0.251 e. The zero-order valence-electron chi connectivity index (χ0n) is 14.8. The Bertz CT molecular complexity index is 925. The van der Waals surface area contributed by atoms with Crippen LogP contribution in [0.4, 0.5) is 0 Å². The minimum atomic E-state index is -3.59. The molecule has 0 spiro atoms. The van der Waals surface area contributed by atoms with Gasteiger partial charge in [0.25, 0.3) is 5.91 Å². The van der Waals surface area contributed by atoms with Crippen LogP contribution in [0.25, 0.3) is 0 Å². The van der Waals surface area contributed by atoms with E-state index >= 15 is 0 Å². The summed E-state index contributed by atoms with van der Waals surface area (Å²) in [5.74, 6) is 0.795. The van der Waals surface area contributed by atoms with Crippen LogP contribution in [0.15, 0.2) is 47.4 Å². The number of aryl methyl sites for hydroxylation is 1. The van der Waals surface area contributed by atoms with Crippen molar-refractivity contribution in [2.45, 2.75) is 18.2 Å². The Hall–Kier alpha value is -2.38. The number of nitrogens with one attached hydrogen (secondary N) is 2. The van der Waals surface area contributed by atoms with Crippen LogP contribution in [-0.4, -0.2) is 34.5 Å². The molecule has 1 aliphatic rings. The molecule has 7 heteroatoms. The lowest BCUT2D eigenvalue weighted by atomic mass is 9.96. The summed E-state index contributed by atoms with van der Waals surface area (Å²) in [4.78, 5) is 12.6. The lowest BCUT2D eigenvalue weighted by Gasteiger charge is -2.25. The Balaban J connectivity index is 1.68. The van der Waals surface area contributed by atoms with Gasteiger partial charge in [0.1, 0.15) is 5.75 Å². The topological polar surface area (TPSA) is 84.5 Å². The number of fused-ring (bicyclic) bond motifs is 1. The third-order valence-corrected chi connectivity index (χ3v) is 5.95. The van der Waals surface area contributed by atoms with Crippen LogP contribution >= 0.6 is 0 Å². The molecule has 2 aromatic rings. The van der Waals surface area contributed by atoms with Crippen LogP contribution in [0, 0.1) is 12.8 Å². The van der Waals surface area contributed by atoms with E-state index in [1.807, 2.05) is 24.3 Å². The van der Waals surface area contributed by atoms with Crippen LogP contribution in [0.1, 0.15) is 21.5 Å². The molecule has 1 amide bonds. The van der Waals surface area contributed by atoms with Crippen molar-refractivity contribution in [2.75, 3.05) is 20.2 Å². The second-order valence-electron chi connectivity index (χ2n) is 6.38. The number of hydrogen-bond acceptors (Lipinski definition) is 4. The molecule has 0 saturated carbocycles. The molecule has 2 N–H and O–H groups in total. The summed E-state index contributed by atoms with van der Waals surface area (Å²) >= 11 is 0. The molecule has 6 nitrogen and oxygen atoms in total. The van der Waals surface area contributed by atoms with Gasteiger partial charge in [0, 0.05) is 18.0 Å². The zero-order chi connectivity index (χ0) is 18.7. The normalized spacial score (nSPS) is 16.5. The highest BCUT2D eigenvalue weighted by atomic mass is 32.2. The van der Waals surface area contributed by atoms with Crippen molar-refractivity contribution in [3.8, 4) is 5.75 Å². The predicted octanol–water partition coefficient (Wildman–Crippen LogP) is 1.88. The predicted molar refractivity (Wildman–Crippen MR) is 98.9 cm³/mol. The van der Waals surface area contributed by atoms with Crippen molar-refractivity contribution in [3.63, 3.8) is 0 Å².